The molecule has 0 aliphatic carbocycles. The fourth-order valence-corrected chi connectivity index (χ4v) is 3.20. The first kappa shape index (κ1) is 15.4. The van der Waals surface area contributed by atoms with Crippen molar-refractivity contribution in [3.05, 3.63) is 30.1 Å². The van der Waals surface area contributed by atoms with Gasteiger partial charge in [0.2, 0.25) is 5.91 Å². The zero-order valence-corrected chi connectivity index (χ0v) is 13.3. The lowest BCUT2D eigenvalue weighted by Gasteiger charge is -2.53. The minimum atomic E-state index is -0.183. The van der Waals surface area contributed by atoms with E-state index in [-0.39, 0.29) is 23.5 Å². The maximum atomic E-state index is 12.0. The van der Waals surface area contributed by atoms with Gasteiger partial charge in [0.25, 0.3) is 0 Å². The largest absolute Gasteiger partial charge is 0.372 e. The molecule has 1 amide bonds. The summed E-state index contributed by atoms with van der Waals surface area (Å²) in [5.41, 5.74) is 0.769. The van der Waals surface area contributed by atoms with Crippen molar-refractivity contribution in [3.8, 4) is 0 Å². The number of nitrogens with zero attached hydrogens (tertiary/aromatic N) is 2. The molecule has 1 aromatic rings. The van der Waals surface area contributed by atoms with Crippen LogP contribution < -0.4 is 0 Å². The normalized spacial score (nSPS) is 23.6. The van der Waals surface area contributed by atoms with Crippen LogP contribution in [0.5, 0.6) is 0 Å². The van der Waals surface area contributed by atoms with E-state index in [1.165, 1.54) is 0 Å². The summed E-state index contributed by atoms with van der Waals surface area (Å²) in [6, 6.07) is 5.85. The predicted molar refractivity (Wildman–Crippen MR) is 82.1 cm³/mol. The highest BCUT2D eigenvalue weighted by Crippen LogP contribution is 2.36. The van der Waals surface area contributed by atoms with E-state index in [0.29, 0.717) is 26.3 Å². The Balaban J connectivity index is 1.49. The molecule has 0 aromatic carbocycles. The first-order valence-corrected chi connectivity index (χ1v) is 8.02. The van der Waals surface area contributed by atoms with Crippen LogP contribution in [-0.4, -0.2) is 47.2 Å². The molecule has 2 fully saturated rings. The fourth-order valence-electron chi connectivity index (χ4n) is 3.20. The SMILES string of the molecule is CC(C)C(=O)N1CC2(C[C@@H](OCc3ccccn3)CCO2)C1. The van der Waals surface area contributed by atoms with Gasteiger partial charge in [-0.1, -0.05) is 19.9 Å². The van der Waals surface area contributed by atoms with Crippen LogP contribution in [0, 0.1) is 5.92 Å². The van der Waals surface area contributed by atoms with Crippen LogP contribution in [-0.2, 0) is 20.9 Å². The lowest BCUT2D eigenvalue weighted by atomic mass is 9.84. The summed E-state index contributed by atoms with van der Waals surface area (Å²) in [6.07, 6.45) is 3.74. The molecule has 1 aromatic heterocycles. The zero-order chi connectivity index (χ0) is 15.6. The summed E-state index contributed by atoms with van der Waals surface area (Å²) in [5.74, 6) is 0.267. The number of carbonyl (C=O) groups excluding carboxylic acids is 1. The van der Waals surface area contributed by atoms with Crippen molar-refractivity contribution in [1.82, 2.24) is 9.88 Å². The third-order valence-corrected chi connectivity index (χ3v) is 4.40. The Bertz CT molecular complexity index is 512. The van der Waals surface area contributed by atoms with Crippen LogP contribution >= 0.6 is 0 Å². The molecule has 0 unspecified atom stereocenters. The topological polar surface area (TPSA) is 51.7 Å². The molecule has 2 aliphatic rings. The van der Waals surface area contributed by atoms with Crippen LogP contribution in [0.1, 0.15) is 32.4 Å². The Hall–Kier alpha value is -1.46. The summed E-state index contributed by atoms with van der Waals surface area (Å²) in [7, 11) is 0. The van der Waals surface area contributed by atoms with Gasteiger partial charge in [-0.25, -0.2) is 0 Å². The summed E-state index contributed by atoms with van der Waals surface area (Å²) in [4.78, 5) is 18.1. The quantitative estimate of drug-likeness (QED) is 0.854. The average Bonchev–Trinajstić information content (AvgIpc) is 2.51. The second-order valence-corrected chi connectivity index (χ2v) is 6.63. The fraction of sp³-hybridized carbons (Fsp3) is 0.647. The molecule has 0 radical (unpaired) electrons. The van der Waals surface area contributed by atoms with E-state index in [4.69, 9.17) is 9.47 Å². The lowest BCUT2D eigenvalue weighted by Crippen LogP contribution is -2.67. The molecule has 0 N–H and O–H groups in total. The number of likely N-dealkylation sites (tertiary alicyclic amines) is 1. The molecule has 120 valence electrons. The van der Waals surface area contributed by atoms with Crippen molar-refractivity contribution in [2.24, 2.45) is 5.92 Å². The summed E-state index contributed by atoms with van der Waals surface area (Å²) >= 11 is 0. The van der Waals surface area contributed by atoms with E-state index in [9.17, 15) is 4.79 Å². The van der Waals surface area contributed by atoms with Gasteiger partial charge < -0.3 is 14.4 Å². The Kier molecular flexibility index (Phi) is 4.45. The molecule has 3 heterocycles. The zero-order valence-electron chi connectivity index (χ0n) is 13.3. The number of carbonyl (C=O) groups is 1. The Morgan fingerprint density at radius 2 is 2.32 bits per heavy atom. The van der Waals surface area contributed by atoms with Gasteiger partial charge in [0.05, 0.1) is 31.5 Å². The molecule has 0 bridgehead atoms. The highest BCUT2D eigenvalue weighted by atomic mass is 16.5. The maximum Gasteiger partial charge on any atom is 0.225 e. The van der Waals surface area contributed by atoms with Crippen LogP contribution in [0.3, 0.4) is 0 Å². The second kappa shape index (κ2) is 6.34. The van der Waals surface area contributed by atoms with E-state index in [1.54, 1.807) is 6.20 Å². The van der Waals surface area contributed by atoms with Crippen molar-refractivity contribution in [1.29, 1.82) is 0 Å². The molecular weight excluding hydrogens is 280 g/mol. The highest BCUT2D eigenvalue weighted by molar-refractivity contribution is 5.79. The van der Waals surface area contributed by atoms with E-state index in [2.05, 4.69) is 4.98 Å². The number of aromatic nitrogens is 1. The molecule has 5 nitrogen and oxygen atoms in total. The van der Waals surface area contributed by atoms with E-state index in [0.717, 1.165) is 18.5 Å². The average molecular weight is 304 g/mol. The molecule has 3 rings (SSSR count). The van der Waals surface area contributed by atoms with Crippen LogP contribution in [0.25, 0.3) is 0 Å². The number of ether oxygens (including phenoxy) is 2. The van der Waals surface area contributed by atoms with Gasteiger partial charge in [-0.2, -0.15) is 0 Å². The number of amides is 1. The minimum absolute atomic E-state index is 0.0529. The summed E-state index contributed by atoms with van der Waals surface area (Å²) in [5, 5.41) is 0. The molecule has 0 saturated carbocycles. The molecule has 1 spiro atoms. The number of rotatable bonds is 4. The highest BCUT2D eigenvalue weighted by Gasteiger charge is 2.49. The van der Waals surface area contributed by atoms with Crippen molar-refractivity contribution < 1.29 is 14.3 Å². The van der Waals surface area contributed by atoms with Crippen molar-refractivity contribution >= 4 is 5.91 Å². The van der Waals surface area contributed by atoms with E-state index >= 15 is 0 Å². The monoisotopic (exact) mass is 304 g/mol. The van der Waals surface area contributed by atoms with Crippen LogP contribution in [0.15, 0.2) is 24.4 Å². The molecule has 2 aliphatic heterocycles. The molecule has 2 saturated heterocycles. The third kappa shape index (κ3) is 3.31. The predicted octanol–water partition coefficient (Wildman–Crippen LogP) is 2.01. The summed E-state index contributed by atoms with van der Waals surface area (Å²) in [6.45, 7) is 6.52. The molecule has 1 atom stereocenters. The second-order valence-electron chi connectivity index (χ2n) is 6.63. The van der Waals surface area contributed by atoms with Gasteiger partial charge in [-0.15, -0.1) is 0 Å². The Morgan fingerprint density at radius 3 is 3.00 bits per heavy atom. The molecule has 22 heavy (non-hydrogen) atoms. The van der Waals surface area contributed by atoms with E-state index in [1.807, 2.05) is 36.9 Å². The van der Waals surface area contributed by atoms with Gasteiger partial charge in [-0.05, 0) is 18.6 Å². The molecule has 5 heteroatoms. The van der Waals surface area contributed by atoms with Crippen LogP contribution in [0.2, 0.25) is 0 Å². The van der Waals surface area contributed by atoms with Gasteiger partial charge in [0.1, 0.15) is 5.60 Å². The standard InChI is InChI=1S/C17H24N2O3/c1-13(2)16(20)19-11-17(12-19)9-15(6-8-22-17)21-10-14-5-3-4-7-18-14/h3-5,7,13,15H,6,8-12H2,1-2H3/t15-/m0/s1. The van der Waals surface area contributed by atoms with Crippen LogP contribution in [0.4, 0.5) is 0 Å². The van der Waals surface area contributed by atoms with Crippen molar-refractivity contribution in [2.75, 3.05) is 19.7 Å². The minimum Gasteiger partial charge on any atom is -0.372 e. The Labute approximate surface area is 131 Å². The lowest BCUT2D eigenvalue weighted by molar-refractivity contribution is -0.204. The van der Waals surface area contributed by atoms with Gasteiger partial charge >= 0.3 is 0 Å². The van der Waals surface area contributed by atoms with Crippen molar-refractivity contribution in [2.45, 2.75) is 45.0 Å². The number of hydrogen-bond donors (Lipinski definition) is 0. The van der Waals surface area contributed by atoms with E-state index < -0.39 is 0 Å². The summed E-state index contributed by atoms with van der Waals surface area (Å²) < 4.78 is 12.0. The maximum absolute atomic E-state index is 12.0. The van der Waals surface area contributed by atoms with Gasteiger partial charge in [0, 0.05) is 25.1 Å². The first-order chi connectivity index (χ1) is 10.6. The molecular formula is C17H24N2O3. The van der Waals surface area contributed by atoms with Gasteiger partial charge in [-0.3, -0.25) is 9.78 Å². The smallest absolute Gasteiger partial charge is 0.225 e. The van der Waals surface area contributed by atoms with Crippen molar-refractivity contribution in [3.63, 3.8) is 0 Å². The Morgan fingerprint density at radius 1 is 1.50 bits per heavy atom. The number of pyridine rings is 1. The number of hydrogen-bond acceptors (Lipinski definition) is 4. The third-order valence-electron chi connectivity index (χ3n) is 4.40. The van der Waals surface area contributed by atoms with Gasteiger partial charge in [0.15, 0.2) is 0 Å². The first-order valence-electron chi connectivity index (χ1n) is 8.02.